The van der Waals surface area contributed by atoms with Crippen LogP contribution < -0.4 is 0 Å². The molecule has 0 aliphatic carbocycles. The maximum Gasteiger partial charge on any atom is 0.0694 e. The largest absolute Gasteiger partial charge is 0.360 e. The fraction of sp³-hybridized carbons (Fsp3) is 0.200. The third-order valence-electron chi connectivity index (χ3n) is 4.40. The lowest BCUT2D eigenvalue weighted by Gasteiger charge is -2.16. The highest BCUT2D eigenvalue weighted by atomic mass is 14.8. The summed E-state index contributed by atoms with van der Waals surface area (Å²) in [5, 5.41) is 1.27. The van der Waals surface area contributed by atoms with Crippen molar-refractivity contribution in [3.8, 4) is 0 Å². The van der Waals surface area contributed by atoms with Gasteiger partial charge in [-0.3, -0.25) is 9.98 Å². The summed E-state index contributed by atoms with van der Waals surface area (Å²) in [7, 11) is 0. The molecule has 0 fully saturated rings. The minimum Gasteiger partial charge on any atom is -0.360 e. The van der Waals surface area contributed by atoms with E-state index < -0.39 is 0 Å². The monoisotopic (exact) mass is 301 g/mol. The highest BCUT2D eigenvalue weighted by Gasteiger charge is 2.15. The van der Waals surface area contributed by atoms with Gasteiger partial charge in [-0.25, -0.2) is 0 Å². The zero-order valence-corrected chi connectivity index (χ0v) is 13.2. The molecule has 23 heavy (non-hydrogen) atoms. The second-order valence-electron chi connectivity index (χ2n) is 5.99. The molecule has 0 spiro atoms. The number of nitrogens with zero attached hydrogens (tertiary/aromatic N) is 2. The van der Waals surface area contributed by atoms with Crippen LogP contribution in [-0.4, -0.2) is 22.2 Å². The number of pyridine rings is 1. The number of aromatic amines is 1. The molecule has 1 N–H and O–H groups in total. The van der Waals surface area contributed by atoms with Gasteiger partial charge in [0.2, 0.25) is 0 Å². The summed E-state index contributed by atoms with van der Waals surface area (Å²) in [5.41, 5.74) is 7.22. The summed E-state index contributed by atoms with van der Waals surface area (Å²) in [4.78, 5) is 12.4. The van der Waals surface area contributed by atoms with Crippen LogP contribution in [0.5, 0.6) is 0 Å². The molecule has 2 aromatic heterocycles. The van der Waals surface area contributed by atoms with Crippen LogP contribution in [0.1, 0.15) is 29.5 Å². The quantitative estimate of drug-likeness (QED) is 0.742. The molecule has 0 bridgehead atoms. The average molecular weight is 301 g/mol. The van der Waals surface area contributed by atoms with Gasteiger partial charge >= 0.3 is 0 Å². The van der Waals surface area contributed by atoms with E-state index in [4.69, 9.17) is 4.99 Å². The van der Waals surface area contributed by atoms with Crippen LogP contribution in [0, 0.1) is 6.92 Å². The molecule has 0 saturated heterocycles. The number of rotatable bonds is 2. The zero-order valence-electron chi connectivity index (χ0n) is 13.2. The molecule has 114 valence electrons. The molecule has 4 rings (SSSR count). The first-order valence-corrected chi connectivity index (χ1v) is 8.05. The SMILES string of the molecule is Cc1cccc2c(C=C3CCCN=C3c3cccnc3)c[nH]c12. The number of para-hydroxylation sites is 1. The normalized spacial score (nSPS) is 16.7. The molecule has 3 heterocycles. The maximum absolute atomic E-state index is 4.76. The van der Waals surface area contributed by atoms with Crippen LogP contribution in [-0.2, 0) is 0 Å². The van der Waals surface area contributed by atoms with Crippen molar-refractivity contribution in [1.29, 1.82) is 0 Å². The van der Waals surface area contributed by atoms with Crippen molar-refractivity contribution in [2.24, 2.45) is 4.99 Å². The van der Waals surface area contributed by atoms with Crippen molar-refractivity contribution in [3.05, 3.63) is 71.2 Å². The molecule has 0 amide bonds. The van der Waals surface area contributed by atoms with Crippen LogP contribution >= 0.6 is 0 Å². The smallest absolute Gasteiger partial charge is 0.0694 e. The first-order chi connectivity index (χ1) is 11.3. The summed E-state index contributed by atoms with van der Waals surface area (Å²) in [6.45, 7) is 3.04. The standard InChI is InChI=1S/C20H19N3/c1-14-5-2-8-18-17(13-23-19(14)18)11-15-6-4-10-22-20(15)16-7-3-9-21-12-16/h2-3,5,7-9,11-13,23H,4,6,10H2,1H3. The number of fused-ring (bicyclic) bond motifs is 1. The van der Waals surface area contributed by atoms with E-state index in [1.165, 1.54) is 27.6 Å². The predicted octanol–water partition coefficient (Wildman–Crippen LogP) is 4.54. The van der Waals surface area contributed by atoms with Gasteiger partial charge in [0.25, 0.3) is 0 Å². The number of hydrogen-bond acceptors (Lipinski definition) is 2. The number of aromatic nitrogens is 2. The molecule has 0 saturated carbocycles. The van der Waals surface area contributed by atoms with E-state index in [-0.39, 0.29) is 0 Å². The maximum atomic E-state index is 4.76. The molecule has 0 radical (unpaired) electrons. The lowest BCUT2D eigenvalue weighted by Crippen LogP contribution is -2.11. The Hall–Kier alpha value is -2.68. The molecule has 0 unspecified atom stereocenters. The third kappa shape index (κ3) is 2.59. The van der Waals surface area contributed by atoms with E-state index in [1.807, 2.05) is 12.3 Å². The Kier molecular flexibility index (Phi) is 3.54. The number of benzene rings is 1. The number of aliphatic imine (C=N–C) groups is 1. The minimum absolute atomic E-state index is 0.897. The Balaban J connectivity index is 1.81. The molecule has 1 aliphatic heterocycles. The van der Waals surface area contributed by atoms with Crippen LogP contribution in [0.2, 0.25) is 0 Å². The van der Waals surface area contributed by atoms with Crippen LogP contribution in [0.15, 0.2) is 59.5 Å². The molecule has 3 aromatic rings. The Morgan fingerprint density at radius 1 is 1.17 bits per heavy atom. The van der Waals surface area contributed by atoms with Crippen molar-refractivity contribution >= 4 is 22.7 Å². The van der Waals surface area contributed by atoms with Crippen LogP contribution in [0.4, 0.5) is 0 Å². The van der Waals surface area contributed by atoms with Crippen molar-refractivity contribution < 1.29 is 0 Å². The Labute approximate surface area is 135 Å². The summed E-state index contributed by atoms with van der Waals surface area (Å²) >= 11 is 0. The van der Waals surface area contributed by atoms with Crippen molar-refractivity contribution in [3.63, 3.8) is 0 Å². The van der Waals surface area contributed by atoms with Gasteiger partial charge in [0.15, 0.2) is 0 Å². The third-order valence-corrected chi connectivity index (χ3v) is 4.40. The van der Waals surface area contributed by atoms with Crippen molar-refractivity contribution in [2.45, 2.75) is 19.8 Å². The number of nitrogens with one attached hydrogen (secondary N) is 1. The Bertz CT molecular complexity index is 901. The summed E-state index contributed by atoms with van der Waals surface area (Å²) in [6.07, 6.45) is 10.3. The molecular formula is C20H19N3. The number of aryl methyl sites for hydroxylation is 1. The average Bonchev–Trinajstić information content (AvgIpc) is 3.01. The topological polar surface area (TPSA) is 41.0 Å². The Morgan fingerprint density at radius 2 is 2.13 bits per heavy atom. The van der Waals surface area contributed by atoms with Gasteiger partial charge in [-0.15, -0.1) is 0 Å². The van der Waals surface area contributed by atoms with Crippen LogP contribution in [0.25, 0.3) is 17.0 Å². The van der Waals surface area contributed by atoms with Gasteiger partial charge in [-0.1, -0.05) is 18.2 Å². The molecular weight excluding hydrogens is 282 g/mol. The lowest BCUT2D eigenvalue weighted by molar-refractivity contribution is 0.818. The highest BCUT2D eigenvalue weighted by Crippen LogP contribution is 2.27. The molecule has 1 aromatic carbocycles. The fourth-order valence-electron chi connectivity index (χ4n) is 3.24. The molecule has 0 atom stereocenters. The summed E-state index contributed by atoms with van der Waals surface area (Å²) in [5.74, 6) is 0. The zero-order chi connectivity index (χ0) is 15.6. The van der Waals surface area contributed by atoms with E-state index in [9.17, 15) is 0 Å². The highest BCUT2D eigenvalue weighted by molar-refractivity contribution is 6.15. The van der Waals surface area contributed by atoms with E-state index in [0.29, 0.717) is 0 Å². The van der Waals surface area contributed by atoms with Gasteiger partial charge in [0.1, 0.15) is 0 Å². The van der Waals surface area contributed by atoms with Crippen molar-refractivity contribution in [2.75, 3.05) is 6.54 Å². The second kappa shape index (κ2) is 5.84. The molecule has 3 nitrogen and oxygen atoms in total. The number of H-pyrrole nitrogens is 1. The number of hydrogen-bond donors (Lipinski definition) is 1. The van der Waals surface area contributed by atoms with Gasteiger partial charge < -0.3 is 4.98 Å². The van der Waals surface area contributed by atoms with E-state index in [0.717, 1.165) is 30.7 Å². The second-order valence-corrected chi connectivity index (χ2v) is 5.99. The van der Waals surface area contributed by atoms with E-state index in [2.05, 4.69) is 53.4 Å². The predicted molar refractivity (Wildman–Crippen MR) is 95.9 cm³/mol. The minimum atomic E-state index is 0.897. The van der Waals surface area contributed by atoms with Gasteiger partial charge in [0.05, 0.1) is 5.71 Å². The van der Waals surface area contributed by atoms with Crippen molar-refractivity contribution in [1.82, 2.24) is 9.97 Å². The van der Waals surface area contributed by atoms with Crippen LogP contribution in [0.3, 0.4) is 0 Å². The first kappa shape index (κ1) is 13.9. The fourth-order valence-corrected chi connectivity index (χ4v) is 3.24. The van der Waals surface area contributed by atoms with Gasteiger partial charge in [0, 0.05) is 47.2 Å². The summed E-state index contributed by atoms with van der Waals surface area (Å²) in [6, 6.07) is 10.5. The Morgan fingerprint density at radius 3 is 3.00 bits per heavy atom. The lowest BCUT2D eigenvalue weighted by atomic mass is 9.94. The van der Waals surface area contributed by atoms with Gasteiger partial charge in [-0.05, 0) is 49.1 Å². The molecule has 1 aliphatic rings. The first-order valence-electron chi connectivity index (χ1n) is 8.05. The van der Waals surface area contributed by atoms with Gasteiger partial charge in [-0.2, -0.15) is 0 Å². The molecule has 3 heteroatoms. The summed E-state index contributed by atoms with van der Waals surface area (Å²) < 4.78 is 0. The number of allylic oxidation sites excluding steroid dienone is 1. The van der Waals surface area contributed by atoms with E-state index >= 15 is 0 Å². The van der Waals surface area contributed by atoms with E-state index in [1.54, 1.807) is 6.20 Å².